The number of aliphatic hydroxyl groups is 1. The van der Waals surface area contributed by atoms with Crippen LogP contribution in [0.3, 0.4) is 0 Å². The molecule has 0 bridgehead atoms. The maximum Gasteiger partial charge on any atom is 0.255 e. The van der Waals surface area contributed by atoms with E-state index in [0.29, 0.717) is 17.9 Å². The van der Waals surface area contributed by atoms with E-state index in [0.717, 1.165) is 52.7 Å². The molecule has 1 aliphatic heterocycles. The third kappa shape index (κ3) is 5.00. The zero-order chi connectivity index (χ0) is 22.8. The van der Waals surface area contributed by atoms with E-state index >= 15 is 0 Å². The van der Waals surface area contributed by atoms with Gasteiger partial charge < -0.3 is 10.4 Å². The number of halogens is 1. The van der Waals surface area contributed by atoms with E-state index < -0.39 is 0 Å². The minimum Gasteiger partial charge on any atom is -0.391 e. The molecule has 2 N–H and O–H groups in total. The van der Waals surface area contributed by atoms with E-state index in [9.17, 15) is 9.90 Å². The lowest BCUT2D eigenvalue weighted by Crippen LogP contribution is -2.51. The van der Waals surface area contributed by atoms with Gasteiger partial charge in [0.2, 0.25) is 0 Å². The van der Waals surface area contributed by atoms with E-state index in [2.05, 4.69) is 69.2 Å². The van der Waals surface area contributed by atoms with E-state index in [1.165, 1.54) is 5.56 Å². The second kappa shape index (κ2) is 9.95. The number of hydrogen-bond donors (Lipinski definition) is 2. The van der Waals surface area contributed by atoms with Crippen LogP contribution < -0.4 is 5.32 Å². The molecule has 0 spiro atoms. The van der Waals surface area contributed by atoms with Gasteiger partial charge in [0.1, 0.15) is 0 Å². The fourth-order valence-electron chi connectivity index (χ4n) is 5.35. The first-order valence-corrected chi connectivity index (χ1v) is 12.8. The van der Waals surface area contributed by atoms with E-state index in [1.54, 1.807) is 0 Å². The largest absolute Gasteiger partial charge is 0.391 e. The Labute approximate surface area is 209 Å². The summed E-state index contributed by atoms with van der Waals surface area (Å²) in [5, 5.41) is 14.1. The van der Waals surface area contributed by atoms with Crippen LogP contribution in [0, 0.1) is 3.57 Å². The predicted octanol–water partition coefficient (Wildman–Crippen LogP) is 5.25. The zero-order valence-electron chi connectivity index (χ0n) is 18.6. The number of rotatable bonds is 4. The minimum absolute atomic E-state index is 0.0885. The van der Waals surface area contributed by atoms with Gasteiger partial charge in [-0.3, -0.25) is 9.69 Å². The molecule has 1 aliphatic carbocycles. The van der Waals surface area contributed by atoms with Crippen molar-refractivity contribution < 1.29 is 9.90 Å². The van der Waals surface area contributed by atoms with Crippen molar-refractivity contribution >= 4 is 34.2 Å². The van der Waals surface area contributed by atoms with Crippen LogP contribution in [0.4, 0.5) is 5.69 Å². The summed E-state index contributed by atoms with van der Waals surface area (Å²) in [4.78, 5) is 15.3. The summed E-state index contributed by atoms with van der Waals surface area (Å²) >= 11 is 2.24. The van der Waals surface area contributed by atoms with Crippen LogP contribution in [-0.2, 0) is 12.8 Å². The van der Waals surface area contributed by atoms with Crippen LogP contribution in [0.1, 0.15) is 45.8 Å². The lowest BCUT2D eigenvalue weighted by molar-refractivity contribution is 0.0296. The molecule has 0 saturated carbocycles. The highest BCUT2D eigenvalue weighted by atomic mass is 127. The van der Waals surface area contributed by atoms with Gasteiger partial charge in [0.05, 0.1) is 6.10 Å². The summed E-state index contributed by atoms with van der Waals surface area (Å²) in [6.07, 6.45) is 3.24. The molecule has 3 aromatic carbocycles. The van der Waals surface area contributed by atoms with E-state index in [1.807, 2.05) is 36.4 Å². The highest BCUT2D eigenvalue weighted by molar-refractivity contribution is 14.1. The first-order chi connectivity index (χ1) is 16.1. The van der Waals surface area contributed by atoms with Gasteiger partial charge in [0.25, 0.3) is 5.91 Å². The number of hydrogen-bond acceptors (Lipinski definition) is 3. The van der Waals surface area contributed by atoms with Gasteiger partial charge in [-0.1, -0.05) is 42.5 Å². The number of carbonyl (C=O) groups is 1. The Balaban J connectivity index is 1.30. The summed E-state index contributed by atoms with van der Waals surface area (Å²) in [6, 6.07) is 24.5. The van der Waals surface area contributed by atoms with Crippen LogP contribution >= 0.6 is 22.6 Å². The molecule has 0 unspecified atom stereocenters. The quantitative estimate of drug-likeness (QED) is 0.435. The molecule has 2 aliphatic rings. The monoisotopic (exact) mass is 552 g/mol. The molecule has 4 nitrogen and oxygen atoms in total. The van der Waals surface area contributed by atoms with Crippen molar-refractivity contribution in [3.8, 4) is 0 Å². The molecule has 0 radical (unpaired) electrons. The standard InChI is InChI=1S/C28H29IN2O2/c29-23-11-9-21(10-12-23)28(33)30-25-8-4-7-22-17-27(32)26(18-24(22)25)31-15-13-20(14-16-31)19-5-2-1-3-6-19/h1-12,20,26-27,32H,13-18H2,(H,30,33)/t26-,27-/m0/s1. The molecule has 5 heteroatoms. The summed E-state index contributed by atoms with van der Waals surface area (Å²) in [6.45, 7) is 1.99. The molecule has 0 aromatic heterocycles. The molecule has 1 amide bonds. The van der Waals surface area contributed by atoms with Crippen molar-refractivity contribution in [1.29, 1.82) is 0 Å². The van der Waals surface area contributed by atoms with Crippen LogP contribution in [0.5, 0.6) is 0 Å². The SMILES string of the molecule is O=C(Nc1cccc2c1C[C@H](N1CCC(c3ccccc3)CC1)[C@@H](O)C2)c1ccc(I)cc1. The first kappa shape index (κ1) is 22.6. The van der Waals surface area contributed by atoms with Crippen molar-refractivity contribution in [3.05, 3.63) is 98.6 Å². The van der Waals surface area contributed by atoms with Crippen LogP contribution in [-0.4, -0.2) is 41.1 Å². The van der Waals surface area contributed by atoms with E-state index in [4.69, 9.17) is 0 Å². The number of benzene rings is 3. The molecule has 1 saturated heterocycles. The molecule has 1 heterocycles. The number of likely N-dealkylation sites (tertiary alicyclic amines) is 1. The second-order valence-electron chi connectivity index (χ2n) is 9.17. The molecule has 33 heavy (non-hydrogen) atoms. The van der Waals surface area contributed by atoms with Gasteiger partial charge in [-0.25, -0.2) is 0 Å². The van der Waals surface area contributed by atoms with Crippen LogP contribution in [0.15, 0.2) is 72.8 Å². The van der Waals surface area contributed by atoms with Gasteiger partial charge in [-0.15, -0.1) is 0 Å². The molecule has 1 fully saturated rings. The zero-order valence-corrected chi connectivity index (χ0v) is 20.7. The smallest absolute Gasteiger partial charge is 0.255 e. The average molecular weight is 552 g/mol. The summed E-state index contributed by atoms with van der Waals surface area (Å²) in [5.74, 6) is 0.505. The number of piperidine rings is 1. The molecule has 5 rings (SSSR count). The lowest BCUT2D eigenvalue weighted by Gasteiger charge is -2.42. The Morgan fingerprint density at radius 3 is 2.36 bits per heavy atom. The van der Waals surface area contributed by atoms with Gasteiger partial charge in [0.15, 0.2) is 0 Å². The highest BCUT2D eigenvalue weighted by Gasteiger charge is 2.35. The summed E-state index contributed by atoms with van der Waals surface area (Å²) in [5.41, 5.74) is 5.25. The van der Waals surface area contributed by atoms with Crippen molar-refractivity contribution in [2.24, 2.45) is 0 Å². The normalized spacial score (nSPS) is 21.4. The molecule has 3 aromatic rings. The maximum absolute atomic E-state index is 12.9. The number of carbonyl (C=O) groups excluding carboxylic acids is 1. The first-order valence-electron chi connectivity index (χ1n) is 11.7. The van der Waals surface area contributed by atoms with Crippen LogP contribution in [0.25, 0.3) is 0 Å². The minimum atomic E-state index is -0.382. The van der Waals surface area contributed by atoms with Gasteiger partial charge in [-0.2, -0.15) is 0 Å². The maximum atomic E-state index is 12.9. The fourth-order valence-corrected chi connectivity index (χ4v) is 5.71. The van der Waals surface area contributed by atoms with Crippen molar-refractivity contribution in [2.75, 3.05) is 18.4 Å². The van der Waals surface area contributed by atoms with Gasteiger partial charge >= 0.3 is 0 Å². The number of aliphatic hydroxyl groups excluding tert-OH is 1. The lowest BCUT2D eigenvalue weighted by atomic mass is 9.82. The van der Waals surface area contributed by atoms with Gasteiger partial charge in [-0.05, 0) is 108 Å². The topological polar surface area (TPSA) is 52.6 Å². The Morgan fingerprint density at radius 1 is 0.909 bits per heavy atom. The predicted molar refractivity (Wildman–Crippen MR) is 141 cm³/mol. The van der Waals surface area contributed by atoms with Crippen molar-refractivity contribution in [1.82, 2.24) is 4.90 Å². The van der Waals surface area contributed by atoms with Crippen LogP contribution in [0.2, 0.25) is 0 Å². The molecule has 170 valence electrons. The number of nitrogens with zero attached hydrogens (tertiary/aromatic N) is 1. The number of nitrogens with one attached hydrogen (secondary N) is 1. The highest BCUT2D eigenvalue weighted by Crippen LogP contribution is 2.34. The number of anilines is 1. The fraction of sp³-hybridized carbons (Fsp3) is 0.321. The van der Waals surface area contributed by atoms with Gasteiger partial charge in [0, 0.05) is 27.3 Å². The van der Waals surface area contributed by atoms with Crippen molar-refractivity contribution in [3.63, 3.8) is 0 Å². The Morgan fingerprint density at radius 2 is 1.64 bits per heavy atom. The summed E-state index contributed by atoms with van der Waals surface area (Å²) in [7, 11) is 0. The molecule has 2 atom stereocenters. The Hall–Kier alpha value is -2.22. The number of amides is 1. The van der Waals surface area contributed by atoms with Crippen molar-refractivity contribution in [2.45, 2.75) is 43.7 Å². The average Bonchev–Trinajstić information content (AvgIpc) is 2.85. The Kier molecular flexibility index (Phi) is 6.81. The summed E-state index contributed by atoms with van der Waals surface area (Å²) < 4.78 is 1.11. The number of fused-ring (bicyclic) bond motifs is 1. The molecular weight excluding hydrogens is 523 g/mol. The molecular formula is C28H29IN2O2. The third-order valence-corrected chi connectivity index (χ3v) is 7.90. The second-order valence-corrected chi connectivity index (χ2v) is 10.4. The third-order valence-electron chi connectivity index (χ3n) is 7.18. The van der Waals surface area contributed by atoms with E-state index in [-0.39, 0.29) is 18.1 Å². The Bertz CT molecular complexity index is 1110.